The molecule has 0 unspecified atom stereocenters. The number of hydrogen-bond donors (Lipinski definition) is 2. The first kappa shape index (κ1) is 14.8. The van der Waals surface area contributed by atoms with Gasteiger partial charge in [0.2, 0.25) is 0 Å². The quantitative estimate of drug-likeness (QED) is 0.857. The van der Waals surface area contributed by atoms with Crippen LogP contribution in [-0.2, 0) is 6.54 Å². The maximum Gasteiger partial charge on any atom is 0.573 e. The van der Waals surface area contributed by atoms with Crippen LogP contribution in [0.15, 0.2) is 24.3 Å². The van der Waals surface area contributed by atoms with Crippen LogP contribution in [0.25, 0.3) is 0 Å². The van der Waals surface area contributed by atoms with Crippen LogP contribution in [0, 0.1) is 0 Å². The lowest BCUT2D eigenvalue weighted by molar-refractivity contribution is -0.274. The van der Waals surface area contributed by atoms with E-state index in [0.717, 1.165) is 0 Å². The van der Waals surface area contributed by atoms with E-state index in [1.54, 1.807) is 19.9 Å². The van der Waals surface area contributed by atoms with Gasteiger partial charge < -0.3 is 15.2 Å². The molecule has 2 N–H and O–H groups in total. The molecule has 3 nitrogen and oxygen atoms in total. The number of benzene rings is 1. The number of halogens is 3. The molecule has 0 saturated carbocycles. The van der Waals surface area contributed by atoms with Gasteiger partial charge in [-0.3, -0.25) is 0 Å². The van der Waals surface area contributed by atoms with E-state index in [1.807, 2.05) is 0 Å². The average Bonchev–Trinajstić information content (AvgIpc) is 2.25. The van der Waals surface area contributed by atoms with E-state index in [-0.39, 0.29) is 12.4 Å². The van der Waals surface area contributed by atoms with E-state index in [1.165, 1.54) is 18.2 Å². The Labute approximate surface area is 104 Å². The molecule has 0 aromatic heterocycles. The predicted octanol–water partition coefficient (Wildman–Crippen LogP) is 2.45. The van der Waals surface area contributed by atoms with Gasteiger partial charge in [0.1, 0.15) is 5.75 Å². The predicted molar refractivity (Wildman–Crippen MR) is 61.1 cm³/mol. The Morgan fingerprint density at radius 2 is 1.94 bits per heavy atom. The highest BCUT2D eigenvalue weighted by atomic mass is 19.4. The zero-order valence-electron chi connectivity index (χ0n) is 10.2. The van der Waals surface area contributed by atoms with Crippen LogP contribution in [-0.4, -0.2) is 23.6 Å². The molecule has 0 heterocycles. The molecule has 6 heteroatoms. The minimum Gasteiger partial charge on any atom is -0.406 e. The van der Waals surface area contributed by atoms with Gasteiger partial charge in [-0.2, -0.15) is 0 Å². The topological polar surface area (TPSA) is 41.5 Å². The Kier molecular flexibility index (Phi) is 4.59. The Balaban J connectivity index is 2.65. The summed E-state index contributed by atoms with van der Waals surface area (Å²) >= 11 is 0. The molecule has 0 radical (unpaired) electrons. The van der Waals surface area contributed by atoms with Crippen LogP contribution >= 0.6 is 0 Å². The molecule has 0 saturated heterocycles. The Bertz CT molecular complexity index is 391. The maximum atomic E-state index is 12.0. The third-order valence-electron chi connectivity index (χ3n) is 2.30. The lowest BCUT2D eigenvalue weighted by Gasteiger charge is -2.23. The standard InChI is InChI=1S/C12H16F3NO2/c1-11(2,8-17)16-7-9-4-3-5-10(6-9)18-12(13,14)15/h3-6,16-17H,7-8H2,1-2H3. The second kappa shape index (κ2) is 5.58. The zero-order valence-corrected chi connectivity index (χ0v) is 10.2. The number of ether oxygens (including phenoxy) is 1. The van der Waals surface area contributed by atoms with Gasteiger partial charge in [0.15, 0.2) is 0 Å². The lowest BCUT2D eigenvalue weighted by Crippen LogP contribution is -2.42. The third kappa shape index (κ3) is 5.37. The van der Waals surface area contributed by atoms with Gasteiger partial charge in [0.05, 0.1) is 6.61 Å². The molecule has 0 aliphatic rings. The number of nitrogens with one attached hydrogen (secondary N) is 1. The molecule has 102 valence electrons. The maximum absolute atomic E-state index is 12.0. The van der Waals surface area contributed by atoms with Gasteiger partial charge in [-0.05, 0) is 31.5 Å². The van der Waals surface area contributed by atoms with Crippen LogP contribution < -0.4 is 10.1 Å². The first-order chi connectivity index (χ1) is 8.22. The summed E-state index contributed by atoms with van der Waals surface area (Å²) in [6.07, 6.45) is -4.68. The van der Waals surface area contributed by atoms with Crippen LogP contribution in [0.4, 0.5) is 13.2 Å². The molecule has 0 spiro atoms. The summed E-state index contributed by atoms with van der Waals surface area (Å²) < 4.78 is 39.9. The van der Waals surface area contributed by atoms with E-state index >= 15 is 0 Å². The van der Waals surface area contributed by atoms with Gasteiger partial charge in [0, 0.05) is 12.1 Å². The summed E-state index contributed by atoms with van der Waals surface area (Å²) in [7, 11) is 0. The summed E-state index contributed by atoms with van der Waals surface area (Å²) in [6, 6.07) is 5.73. The van der Waals surface area contributed by atoms with Crippen molar-refractivity contribution < 1.29 is 23.0 Å². The summed E-state index contributed by atoms with van der Waals surface area (Å²) in [5, 5.41) is 12.1. The fourth-order valence-corrected chi connectivity index (χ4v) is 1.25. The van der Waals surface area contributed by atoms with Crippen LogP contribution in [0.3, 0.4) is 0 Å². The fourth-order valence-electron chi connectivity index (χ4n) is 1.25. The summed E-state index contributed by atoms with van der Waals surface area (Å²) in [5.74, 6) is -0.247. The normalized spacial score (nSPS) is 12.6. The van der Waals surface area contributed by atoms with E-state index in [0.29, 0.717) is 12.1 Å². The van der Waals surface area contributed by atoms with Crippen molar-refractivity contribution in [3.8, 4) is 5.75 Å². The number of aliphatic hydroxyl groups is 1. The summed E-state index contributed by atoms with van der Waals surface area (Å²) in [4.78, 5) is 0. The summed E-state index contributed by atoms with van der Waals surface area (Å²) in [5.41, 5.74) is 0.166. The molecule has 0 bridgehead atoms. The Hall–Kier alpha value is -1.27. The molecule has 0 aliphatic carbocycles. The van der Waals surface area contributed by atoms with Gasteiger partial charge in [0.25, 0.3) is 0 Å². The molecule has 0 atom stereocenters. The molecule has 0 fully saturated rings. The molecule has 1 rings (SSSR count). The van der Waals surface area contributed by atoms with Crippen molar-refractivity contribution in [1.82, 2.24) is 5.32 Å². The van der Waals surface area contributed by atoms with Crippen molar-refractivity contribution in [2.45, 2.75) is 32.3 Å². The molecule has 18 heavy (non-hydrogen) atoms. The average molecular weight is 263 g/mol. The first-order valence-corrected chi connectivity index (χ1v) is 5.42. The number of rotatable bonds is 5. The molecular weight excluding hydrogens is 247 g/mol. The number of aliphatic hydroxyl groups excluding tert-OH is 1. The minimum atomic E-state index is -4.68. The smallest absolute Gasteiger partial charge is 0.406 e. The van der Waals surface area contributed by atoms with Crippen LogP contribution in [0.1, 0.15) is 19.4 Å². The highest BCUT2D eigenvalue weighted by molar-refractivity contribution is 5.28. The van der Waals surface area contributed by atoms with E-state index in [9.17, 15) is 13.2 Å². The molecule has 0 aliphatic heterocycles. The van der Waals surface area contributed by atoms with Crippen molar-refractivity contribution in [1.29, 1.82) is 0 Å². The minimum absolute atomic E-state index is 0.0637. The van der Waals surface area contributed by atoms with Crippen molar-refractivity contribution in [2.24, 2.45) is 0 Å². The van der Waals surface area contributed by atoms with Crippen LogP contribution in [0.5, 0.6) is 5.75 Å². The largest absolute Gasteiger partial charge is 0.573 e. The second-order valence-electron chi connectivity index (χ2n) is 4.59. The zero-order chi connectivity index (χ0) is 13.8. The second-order valence-corrected chi connectivity index (χ2v) is 4.59. The van der Waals surface area contributed by atoms with Crippen LogP contribution in [0.2, 0.25) is 0 Å². The molecular formula is C12H16F3NO2. The van der Waals surface area contributed by atoms with E-state index < -0.39 is 11.9 Å². The number of hydrogen-bond acceptors (Lipinski definition) is 3. The lowest BCUT2D eigenvalue weighted by atomic mass is 10.1. The third-order valence-corrected chi connectivity index (χ3v) is 2.30. The van der Waals surface area contributed by atoms with Gasteiger partial charge in [-0.15, -0.1) is 13.2 Å². The molecule has 1 aromatic carbocycles. The monoisotopic (exact) mass is 263 g/mol. The van der Waals surface area contributed by atoms with Crippen molar-refractivity contribution in [3.63, 3.8) is 0 Å². The summed E-state index contributed by atoms with van der Waals surface area (Å²) in [6.45, 7) is 3.88. The van der Waals surface area contributed by atoms with Gasteiger partial charge in [-0.1, -0.05) is 12.1 Å². The highest BCUT2D eigenvalue weighted by Crippen LogP contribution is 2.23. The van der Waals surface area contributed by atoms with Gasteiger partial charge in [-0.25, -0.2) is 0 Å². The first-order valence-electron chi connectivity index (χ1n) is 5.42. The van der Waals surface area contributed by atoms with E-state index in [4.69, 9.17) is 5.11 Å². The molecule has 0 amide bonds. The van der Waals surface area contributed by atoms with Crippen molar-refractivity contribution in [3.05, 3.63) is 29.8 Å². The van der Waals surface area contributed by atoms with Gasteiger partial charge >= 0.3 is 6.36 Å². The highest BCUT2D eigenvalue weighted by Gasteiger charge is 2.31. The Morgan fingerprint density at radius 1 is 1.28 bits per heavy atom. The fraction of sp³-hybridized carbons (Fsp3) is 0.500. The van der Waals surface area contributed by atoms with E-state index in [2.05, 4.69) is 10.1 Å². The number of alkyl halides is 3. The SMILES string of the molecule is CC(C)(CO)NCc1cccc(OC(F)(F)F)c1. The van der Waals surface area contributed by atoms with Crippen molar-refractivity contribution in [2.75, 3.05) is 6.61 Å². The Morgan fingerprint density at radius 3 is 2.50 bits per heavy atom. The molecule has 1 aromatic rings. The van der Waals surface area contributed by atoms with Crippen molar-refractivity contribution >= 4 is 0 Å².